The van der Waals surface area contributed by atoms with E-state index in [1.54, 1.807) is 6.92 Å². The fraction of sp³-hybridized carbons (Fsp3) is 0.625. The number of quaternary nitrogens is 1. The summed E-state index contributed by atoms with van der Waals surface area (Å²) >= 11 is 5.63. The molecule has 3 heteroatoms. The van der Waals surface area contributed by atoms with Gasteiger partial charge in [0.05, 0.1) is 14.1 Å². The van der Waals surface area contributed by atoms with Crippen LogP contribution in [-0.4, -0.2) is 36.9 Å². The lowest BCUT2D eigenvalue weighted by Crippen LogP contribution is -2.42. The first-order valence-electron chi connectivity index (χ1n) is 3.46. The van der Waals surface area contributed by atoms with E-state index in [0.29, 0.717) is 22.6 Å². The van der Waals surface area contributed by atoms with Gasteiger partial charge in [-0.15, -0.1) is 0 Å². The Kier molecular flexibility index (Phi) is 3.76. The van der Waals surface area contributed by atoms with Crippen molar-refractivity contribution in [3.8, 4) is 0 Å². The monoisotopic (exact) mass is 176 g/mol. The van der Waals surface area contributed by atoms with Gasteiger partial charge in [0.2, 0.25) is 5.78 Å². The van der Waals surface area contributed by atoms with Gasteiger partial charge in [-0.3, -0.25) is 4.79 Å². The van der Waals surface area contributed by atoms with Crippen molar-refractivity contribution < 1.29 is 9.28 Å². The van der Waals surface area contributed by atoms with Gasteiger partial charge in [-0.25, -0.2) is 0 Å². The zero-order chi connectivity index (χ0) is 9.07. The van der Waals surface area contributed by atoms with Crippen molar-refractivity contribution >= 4 is 17.4 Å². The number of rotatable bonds is 4. The van der Waals surface area contributed by atoms with Crippen LogP contribution in [0.25, 0.3) is 0 Å². The van der Waals surface area contributed by atoms with Gasteiger partial charge in [0.25, 0.3) is 0 Å². The molecule has 0 aromatic rings. The maximum absolute atomic E-state index is 11.1. The summed E-state index contributed by atoms with van der Waals surface area (Å²) in [5.74, 6) is 0.0793. The number of alkyl halides is 1. The molecule has 0 aromatic heterocycles. The van der Waals surface area contributed by atoms with Crippen LogP contribution in [0.2, 0.25) is 0 Å². The highest BCUT2D eigenvalue weighted by molar-refractivity contribution is 6.17. The molecule has 0 aromatic carbocycles. The van der Waals surface area contributed by atoms with Crippen LogP contribution in [0.3, 0.4) is 0 Å². The van der Waals surface area contributed by atoms with Gasteiger partial charge in [-0.05, 0) is 12.5 Å². The molecular weight excluding hydrogens is 162 g/mol. The van der Waals surface area contributed by atoms with E-state index in [0.717, 1.165) is 0 Å². The maximum atomic E-state index is 11.1. The molecule has 0 bridgehead atoms. The highest BCUT2D eigenvalue weighted by Gasteiger charge is 2.18. The van der Waals surface area contributed by atoms with Crippen molar-refractivity contribution in [3.05, 3.63) is 12.2 Å². The molecule has 0 amide bonds. The molecule has 0 atom stereocenters. The van der Waals surface area contributed by atoms with Crippen molar-refractivity contribution in [1.82, 2.24) is 0 Å². The van der Waals surface area contributed by atoms with Crippen molar-refractivity contribution in [1.29, 1.82) is 0 Å². The van der Waals surface area contributed by atoms with Crippen LogP contribution in [-0.2, 0) is 4.79 Å². The number of halogens is 1. The van der Waals surface area contributed by atoms with Crippen LogP contribution in [0.15, 0.2) is 12.2 Å². The van der Waals surface area contributed by atoms with Crippen molar-refractivity contribution in [2.24, 2.45) is 0 Å². The molecule has 0 unspecified atom stereocenters. The molecule has 0 fully saturated rings. The largest absolute Gasteiger partial charge is 0.309 e. The molecule has 2 nitrogen and oxygen atoms in total. The molecule has 0 heterocycles. The second-order valence-corrected chi connectivity index (χ2v) is 3.66. The van der Waals surface area contributed by atoms with Gasteiger partial charge < -0.3 is 4.48 Å². The van der Waals surface area contributed by atoms with Gasteiger partial charge in [-0.2, -0.15) is 0 Å². The maximum Gasteiger partial charge on any atom is 0.212 e. The van der Waals surface area contributed by atoms with E-state index in [4.69, 9.17) is 11.6 Å². The zero-order valence-electron chi connectivity index (χ0n) is 7.35. The summed E-state index contributed by atoms with van der Waals surface area (Å²) in [6.45, 7) is 5.72. The Balaban J connectivity index is 4.04. The summed E-state index contributed by atoms with van der Waals surface area (Å²) in [4.78, 5) is 11.1. The second-order valence-electron chi connectivity index (χ2n) is 3.42. The zero-order valence-corrected chi connectivity index (χ0v) is 8.11. The lowest BCUT2D eigenvalue weighted by Gasteiger charge is -2.25. The minimum absolute atomic E-state index is 0.0793. The number of hydrogen-bond acceptors (Lipinski definition) is 1. The number of carbonyl (C=O) groups is 1. The number of ketones is 1. The Bertz CT molecular complexity index is 175. The van der Waals surface area contributed by atoms with Crippen LogP contribution >= 0.6 is 11.6 Å². The Labute approximate surface area is 73.0 Å². The summed E-state index contributed by atoms with van der Waals surface area (Å²) in [5.41, 5.74) is 0.598. The number of carbonyl (C=O) groups excluding carboxylic acids is 1. The predicted molar refractivity (Wildman–Crippen MR) is 47.5 cm³/mol. The highest BCUT2D eigenvalue weighted by atomic mass is 35.5. The molecule has 0 N–H and O–H groups in total. The van der Waals surface area contributed by atoms with Crippen LogP contribution < -0.4 is 0 Å². The van der Waals surface area contributed by atoms with E-state index in [-0.39, 0.29) is 5.78 Å². The number of likely N-dealkylation sites (N-methyl/N-ethyl adjacent to an activating group) is 1. The van der Waals surface area contributed by atoms with Gasteiger partial charge in [0, 0.05) is 0 Å². The normalized spacial score (nSPS) is 11.3. The van der Waals surface area contributed by atoms with Crippen molar-refractivity contribution in [3.63, 3.8) is 0 Å². The first-order valence-corrected chi connectivity index (χ1v) is 3.99. The summed E-state index contributed by atoms with van der Waals surface area (Å²) in [7, 11) is 3.82. The van der Waals surface area contributed by atoms with Gasteiger partial charge in [0.1, 0.15) is 6.54 Å². The van der Waals surface area contributed by atoms with Crippen LogP contribution in [0.4, 0.5) is 0 Å². The molecule has 0 spiro atoms. The van der Waals surface area contributed by atoms with E-state index in [1.165, 1.54) is 0 Å². The molecule has 64 valence electrons. The predicted octanol–water partition coefficient (Wildman–Crippen LogP) is 1.40. The quantitative estimate of drug-likeness (QED) is 0.274. The lowest BCUT2D eigenvalue weighted by molar-refractivity contribution is -0.870. The molecule has 0 saturated heterocycles. The van der Waals surface area contributed by atoms with E-state index >= 15 is 0 Å². The molecule has 0 aliphatic carbocycles. The van der Waals surface area contributed by atoms with E-state index in [2.05, 4.69) is 6.58 Å². The van der Waals surface area contributed by atoms with Crippen molar-refractivity contribution in [2.45, 2.75) is 6.92 Å². The molecule has 0 saturated carbocycles. The fourth-order valence-electron chi connectivity index (χ4n) is 0.566. The lowest BCUT2D eigenvalue weighted by atomic mass is 10.2. The third-order valence-corrected chi connectivity index (χ3v) is 2.02. The first-order chi connectivity index (χ1) is 4.89. The second kappa shape index (κ2) is 3.88. The topological polar surface area (TPSA) is 17.1 Å². The third-order valence-electron chi connectivity index (χ3n) is 1.37. The minimum atomic E-state index is 0.0793. The summed E-state index contributed by atoms with van der Waals surface area (Å²) in [6.07, 6.45) is 0. The summed E-state index contributed by atoms with van der Waals surface area (Å²) in [6, 6.07) is 0.443. The first kappa shape index (κ1) is 10.7. The van der Waals surface area contributed by atoms with Crippen LogP contribution in [0, 0.1) is 0 Å². The molecule has 0 aliphatic rings. The van der Waals surface area contributed by atoms with Crippen LogP contribution in [0.5, 0.6) is 0 Å². The van der Waals surface area contributed by atoms with Crippen LogP contribution in [0.1, 0.15) is 6.92 Å². The Morgan fingerprint density at radius 2 is 2.00 bits per heavy atom. The van der Waals surface area contributed by atoms with E-state index in [1.807, 2.05) is 14.1 Å². The standard InChI is InChI=1S/C8H15ClNO/c1-7(2)8(11)5-10(3,4)6-9/h1,5-6H2,2-4H3/q+1. The number of Topliss-reactive ketones (excluding diaryl/α,β-unsaturated/α-hetero) is 1. The Morgan fingerprint density at radius 1 is 1.55 bits per heavy atom. The summed E-state index contributed by atoms with van der Waals surface area (Å²) < 4.78 is 0.507. The van der Waals surface area contributed by atoms with E-state index in [9.17, 15) is 4.79 Å². The van der Waals surface area contributed by atoms with Gasteiger partial charge in [0.15, 0.2) is 6.00 Å². The molecule has 0 radical (unpaired) electrons. The SMILES string of the molecule is C=C(C)C(=O)C[N+](C)(C)CCl. The molecule has 0 rings (SSSR count). The van der Waals surface area contributed by atoms with Gasteiger partial charge >= 0.3 is 0 Å². The third kappa shape index (κ3) is 4.17. The Hall–Kier alpha value is -0.340. The average Bonchev–Trinajstić information content (AvgIpc) is 1.87. The minimum Gasteiger partial charge on any atom is -0.309 e. The smallest absolute Gasteiger partial charge is 0.212 e. The fourth-order valence-corrected chi connectivity index (χ4v) is 0.650. The van der Waals surface area contributed by atoms with Crippen molar-refractivity contribution in [2.75, 3.05) is 26.6 Å². The summed E-state index contributed by atoms with van der Waals surface area (Å²) in [5, 5.41) is 0. The average molecular weight is 177 g/mol. The highest BCUT2D eigenvalue weighted by Crippen LogP contribution is 2.02. The number of hydrogen-bond donors (Lipinski definition) is 0. The Morgan fingerprint density at radius 3 is 2.27 bits per heavy atom. The molecular formula is C8H15ClNO+. The van der Waals surface area contributed by atoms with Gasteiger partial charge in [-0.1, -0.05) is 18.2 Å². The molecule has 11 heavy (non-hydrogen) atoms. The van der Waals surface area contributed by atoms with E-state index < -0.39 is 0 Å². The molecule has 0 aliphatic heterocycles. The number of nitrogens with zero attached hydrogens (tertiary/aromatic N) is 1.